The zero-order chi connectivity index (χ0) is 13.9. The highest BCUT2D eigenvalue weighted by Crippen LogP contribution is 2.31. The Morgan fingerprint density at radius 3 is 2.67 bits per heavy atom. The summed E-state index contributed by atoms with van der Waals surface area (Å²) in [4.78, 5) is 14.2. The third-order valence-electron chi connectivity index (χ3n) is 1.96. The Kier molecular flexibility index (Phi) is 4.53. The van der Waals surface area contributed by atoms with Crippen LogP contribution >= 0.6 is 11.6 Å². The summed E-state index contributed by atoms with van der Waals surface area (Å²) in [7, 11) is 0. The maximum Gasteiger partial charge on any atom is 0.417 e. The third kappa shape index (κ3) is 4.15. The zero-order valence-corrected chi connectivity index (χ0v) is 10.0. The molecule has 0 amide bonds. The minimum atomic E-state index is -4.51. The molecule has 0 aromatic carbocycles. The van der Waals surface area contributed by atoms with Gasteiger partial charge in [0.05, 0.1) is 16.3 Å². The number of nitrogens with two attached hydrogens (primary N) is 1. The summed E-state index contributed by atoms with van der Waals surface area (Å²) in [5.74, 6) is -0.592. The minimum Gasteiger partial charge on any atom is -0.447 e. The zero-order valence-electron chi connectivity index (χ0n) is 9.29. The molecule has 1 atom stereocenters. The first kappa shape index (κ1) is 14.7. The highest BCUT2D eigenvalue weighted by Gasteiger charge is 2.31. The van der Waals surface area contributed by atoms with Gasteiger partial charge < -0.3 is 4.74 Å². The standard InChI is InChI=1S/C10H10ClF3N2O2/c1-5(17)18-9(15)3-8-7(11)2-6(4-16-8)10(12,13)14/h2,4,9H,3,15H2,1H3. The molecule has 1 aromatic rings. The van der Waals surface area contributed by atoms with E-state index >= 15 is 0 Å². The van der Waals surface area contributed by atoms with E-state index in [1.807, 2.05) is 0 Å². The first-order valence-electron chi connectivity index (χ1n) is 4.84. The molecule has 4 nitrogen and oxygen atoms in total. The van der Waals surface area contributed by atoms with Crippen LogP contribution in [0.1, 0.15) is 18.2 Å². The second-order valence-electron chi connectivity index (χ2n) is 3.50. The molecule has 0 spiro atoms. The summed E-state index contributed by atoms with van der Waals surface area (Å²) in [6.07, 6.45) is -4.91. The number of ether oxygens (including phenoxy) is 1. The van der Waals surface area contributed by atoms with E-state index in [1.54, 1.807) is 0 Å². The van der Waals surface area contributed by atoms with Gasteiger partial charge >= 0.3 is 12.1 Å². The van der Waals surface area contributed by atoms with Crippen molar-refractivity contribution in [1.82, 2.24) is 4.98 Å². The predicted octanol–water partition coefficient (Wildman–Crippen LogP) is 2.14. The molecule has 0 bridgehead atoms. The van der Waals surface area contributed by atoms with Crippen molar-refractivity contribution in [2.24, 2.45) is 5.73 Å². The van der Waals surface area contributed by atoms with Crippen LogP contribution in [0.25, 0.3) is 0 Å². The quantitative estimate of drug-likeness (QED) is 0.681. The average Bonchev–Trinajstić information content (AvgIpc) is 2.18. The van der Waals surface area contributed by atoms with Crippen molar-refractivity contribution >= 4 is 17.6 Å². The highest BCUT2D eigenvalue weighted by atomic mass is 35.5. The van der Waals surface area contributed by atoms with E-state index in [0.717, 1.165) is 6.07 Å². The number of esters is 1. The lowest BCUT2D eigenvalue weighted by atomic mass is 10.2. The Hall–Kier alpha value is -1.34. The molecule has 0 aliphatic heterocycles. The number of carbonyl (C=O) groups is 1. The van der Waals surface area contributed by atoms with Crippen LogP contribution < -0.4 is 5.73 Å². The van der Waals surface area contributed by atoms with Crippen molar-refractivity contribution in [2.75, 3.05) is 0 Å². The molecule has 0 aliphatic carbocycles. The van der Waals surface area contributed by atoms with Gasteiger partial charge in [-0.1, -0.05) is 11.6 Å². The Balaban J connectivity index is 2.83. The van der Waals surface area contributed by atoms with Gasteiger partial charge in [-0.05, 0) is 6.07 Å². The smallest absolute Gasteiger partial charge is 0.417 e. The van der Waals surface area contributed by atoms with Crippen molar-refractivity contribution in [3.63, 3.8) is 0 Å². The molecular weight excluding hydrogens is 273 g/mol. The number of hydrogen-bond acceptors (Lipinski definition) is 4. The maximum absolute atomic E-state index is 12.3. The molecule has 1 rings (SSSR count). The molecule has 1 aromatic heterocycles. The van der Waals surface area contributed by atoms with Gasteiger partial charge in [0.2, 0.25) is 0 Å². The van der Waals surface area contributed by atoms with Gasteiger partial charge in [0, 0.05) is 19.5 Å². The Morgan fingerprint density at radius 2 is 2.22 bits per heavy atom. The molecule has 0 saturated carbocycles. The number of hydrogen-bond donors (Lipinski definition) is 1. The number of rotatable bonds is 3. The van der Waals surface area contributed by atoms with Crippen LogP contribution in [-0.4, -0.2) is 17.2 Å². The summed E-state index contributed by atoms with van der Waals surface area (Å²) < 4.78 is 41.6. The largest absolute Gasteiger partial charge is 0.447 e. The number of nitrogens with zero attached hydrogens (tertiary/aromatic N) is 1. The topological polar surface area (TPSA) is 65.2 Å². The van der Waals surface area contributed by atoms with E-state index in [4.69, 9.17) is 17.3 Å². The van der Waals surface area contributed by atoms with Gasteiger partial charge in [-0.3, -0.25) is 15.5 Å². The molecule has 1 unspecified atom stereocenters. The van der Waals surface area contributed by atoms with Gasteiger partial charge in [0.1, 0.15) is 0 Å². The van der Waals surface area contributed by atoms with Gasteiger partial charge in [-0.15, -0.1) is 0 Å². The fourth-order valence-electron chi connectivity index (χ4n) is 1.22. The first-order valence-corrected chi connectivity index (χ1v) is 5.22. The highest BCUT2D eigenvalue weighted by molar-refractivity contribution is 6.31. The molecule has 2 N–H and O–H groups in total. The van der Waals surface area contributed by atoms with Crippen LogP contribution in [0.15, 0.2) is 12.3 Å². The van der Waals surface area contributed by atoms with E-state index in [0.29, 0.717) is 6.20 Å². The van der Waals surface area contributed by atoms with Gasteiger partial charge in [-0.2, -0.15) is 13.2 Å². The van der Waals surface area contributed by atoms with Crippen molar-refractivity contribution in [1.29, 1.82) is 0 Å². The fourth-order valence-corrected chi connectivity index (χ4v) is 1.46. The van der Waals surface area contributed by atoms with E-state index < -0.39 is 23.9 Å². The monoisotopic (exact) mass is 282 g/mol. The van der Waals surface area contributed by atoms with Crippen LogP contribution in [0.5, 0.6) is 0 Å². The lowest BCUT2D eigenvalue weighted by Crippen LogP contribution is -2.29. The first-order chi connectivity index (χ1) is 8.20. The second kappa shape index (κ2) is 5.53. The van der Waals surface area contributed by atoms with Gasteiger partial charge in [-0.25, -0.2) is 0 Å². The molecule has 1 heterocycles. The number of pyridine rings is 1. The van der Waals surface area contributed by atoms with Crippen molar-refractivity contribution in [3.8, 4) is 0 Å². The molecule has 0 radical (unpaired) electrons. The summed E-state index contributed by atoms with van der Waals surface area (Å²) in [5.41, 5.74) is 4.63. The van der Waals surface area contributed by atoms with Crippen molar-refractivity contribution < 1.29 is 22.7 Å². The molecule has 0 fully saturated rings. The SMILES string of the molecule is CC(=O)OC(N)Cc1ncc(C(F)(F)F)cc1Cl. The third-order valence-corrected chi connectivity index (χ3v) is 2.28. The summed E-state index contributed by atoms with van der Waals surface area (Å²) in [5, 5.41) is -0.174. The summed E-state index contributed by atoms with van der Waals surface area (Å²) in [6, 6.07) is 0.754. The Bertz CT molecular complexity index is 451. The second-order valence-corrected chi connectivity index (χ2v) is 3.91. The Labute approximate surface area is 106 Å². The molecule has 0 aliphatic rings. The average molecular weight is 283 g/mol. The lowest BCUT2D eigenvalue weighted by molar-refractivity contribution is -0.146. The molecule has 8 heteroatoms. The van der Waals surface area contributed by atoms with Crippen LogP contribution in [-0.2, 0) is 22.1 Å². The van der Waals surface area contributed by atoms with Crippen molar-refractivity contribution in [2.45, 2.75) is 25.7 Å². The van der Waals surface area contributed by atoms with E-state index in [-0.39, 0.29) is 17.1 Å². The van der Waals surface area contributed by atoms with Crippen LogP contribution in [0.2, 0.25) is 5.02 Å². The molecule has 18 heavy (non-hydrogen) atoms. The minimum absolute atomic E-state index is 0.0590. The number of carbonyl (C=O) groups excluding carboxylic acids is 1. The van der Waals surface area contributed by atoms with Crippen molar-refractivity contribution in [3.05, 3.63) is 28.5 Å². The van der Waals surface area contributed by atoms with Crippen LogP contribution in [0.4, 0.5) is 13.2 Å². The van der Waals surface area contributed by atoms with Crippen LogP contribution in [0.3, 0.4) is 0 Å². The Morgan fingerprint density at radius 1 is 1.61 bits per heavy atom. The van der Waals surface area contributed by atoms with Crippen LogP contribution in [0, 0.1) is 0 Å². The van der Waals surface area contributed by atoms with Gasteiger partial charge in [0.25, 0.3) is 0 Å². The van der Waals surface area contributed by atoms with E-state index in [1.165, 1.54) is 6.92 Å². The molecular formula is C10H10ClF3N2O2. The van der Waals surface area contributed by atoms with Gasteiger partial charge in [0.15, 0.2) is 6.23 Å². The predicted molar refractivity (Wildman–Crippen MR) is 57.7 cm³/mol. The molecule has 0 saturated heterocycles. The van der Waals surface area contributed by atoms with E-state index in [9.17, 15) is 18.0 Å². The normalized spacial score (nSPS) is 13.2. The number of halogens is 4. The van der Waals surface area contributed by atoms with E-state index in [2.05, 4.69) is 9.72 Å². The lowest BCUT2D eigenvalue weighted by Gasteiger charge is -2.13. The summed E-state index contributed by atoms with van der Waals surface area (Å²) >= 11 is 5.66. The number of aromatic nitrogens is 1. The summed E-state index contributed by atoms with van der Waals surface area (Å²) in [6.45, 7) is 1.17. The fraction of sp³-hybridized carbons (Fsp3) is 0.400. The molecule has 100 valence electrons. The number of alkyl halides is 3. The maximum atomic E-state index is 12.3.